The summed E-state index contributed by atoms with van der Waals surface area (Å²) in [5.74, 6) is 0. The Morgan fingerprint density at radius 3 is 2.24 bits per heavy atom. The van der Waals surface area contributed by atoms with Gasteiger partial charge < -0.3 is 5.73 Å². The summed E-state index contributed by atoms with van der Waals surface area (Å²) in [4.78, 5) is 0. The molecule has 0 atom stereocenters. The molecule has 2 aromatic rings. The molecule has 0 bridgehead atoms. The molecule has 0 aliphatic heterocycles. The quantitative estimate of drug-likeness (QED) is 0.801. The van der Waals surface area contributed by atoms with Crippen LogP contribution in [0.15, 0.2) is 42.5 Å². The minimum absolute atomic E-state index is 0. The molecular weight excluding hydrogens is 230 g/mol. The number of hydrogen-bond donors (Lipinski definition) is 1. The summed E-state index contributed by atoms with van der Waals surface area (Å²) in [6, 6.07) is 14.5. The molecule has 2 heteroatoms. The normalized spacial score (nSPS) is 9.76. The van der Waals surface area contributed by atoms with Crippen molar-refractivity contribution in [3.05, 3.63) is 64.7 Å². The Labute approximate surface area is 109 Å². The maximum absolute atomic E-state index is 6.04. The van der Waals surface area contributed by atoms with E-state index in [-0.39, 0.29) is 12.4 Å². The van der Waals surface area contributed by atoms with Crippen molar-refractivity contribution in [1.82, 2.24) is 0 Å². The lowest BCUT2D eigenvalue weighted by Crippen LogP contribution is -2.00. The standard InChI is InChI=1S/C15H17N.ClH/c1-11-8-9-15(16)14(12(11)2)10-13-6-4-3-5-7-13;/h3-9H,10,16H2,1-2H3;1H. The maximum Gasteiger partial charge on any atom is 0.0352 e. The van der Waals surface area contributed by atoms with E-state index in [1.54, 1.807) is 0 Å². The Hall–Kier alpha value is -1.47. The lowest BCUT2D eigenvalue weighted by atomic mass is 9.96. The van der Waals surface area contributed by atoms with Gasteiger partial charge in [0, 0.05) is 5.69 Å². The zero-order valence-electron chi connectivity index (χ0n) is 10.2. The molecule has 1 nitrogen and oxygen atoms in total. The van der Waals surface area contributed by atoms with Gasteiger partial charge in [-0.05, 0) is 48.6 Å². The van der Waals surface area contributed by atoms with Crippen LogP contribution in [0.2, 0.25) is 0 Å². The van der Waals surface area contributed by atoms with Gasteiger partial charge in [-0.3, -0.25) is 0 Å². The third kappa shape index (κ3) is 3.01. The van der Waals surface area contributed by atoms with Gasteiger partial charge in [0.2, 0.25) is 0 Å². The van der Waals surface area contributed by atoms with E-state index in [4.69, 9.17) is 5.73 Å². The molecule has 0 heterocycles. The summed E-state index contributed by atoms with van der Waals surface area (Å²) < 4.78 is 0. The largest absolute Gasteiger partial charge is 0.398 e. The van der Waals surface area contributed by atoms with Crippen LogP contribution < -0.4 is 5.73 Å². The first kappa shape index (κ1) is 13.6. The number of rotatable bonds is 2. The van der Waals surface area contributed by atoms with Gasteiger partial charge in [0.1, 0.15) is 0 Å². The van der Waals surface area contributed by atoms with Gasteiger partial charge in [0.25, 0.3) is 0 Å². The fourth-order valence-corrected chi connectivity index (χ4v) is 1.93. The van der Waals surface area contributed by atoms with E-state index in [2.05, 4.69) is 44.2 Å². The Morgan fingerprint density at radius 1 is 0.941 bits per heavy atom. The average molecular weight is 248 g/mol. The van der Waals surface area contributed by atoms with Crippen LogP contribution in [-0.4, -0.2) is 0 Å². The van der Waals surface area contributed by atoms with Crippen molar-refractivity contribution >= 4 is 18.1 Å². The van der Waals surface area contributed by atoms with E-state index in [1.165, 1.54) is 22.3 Å². The van der Waals surface area contributed by atoms with Crippen LogP contribution in [0.1, 0.15) is 22.3 Å². The Kier molecular flexibility index (Phi) is 4.59. The van der Waals surface area contributed by atoms with Gasteiger partial charge in [0.05, 0.1) is 0 Å². The van der Waals surface area contributed by atoms with Crippen molar-refractivity contribution in [2.75, 3.05) is 5.73 Å². The predicted molar refractivity (Wildman–Crippen MR) is 76.8 cm³/mol. The van der Waals surface area contributed by atoms with Crippen LogP contribution in [-0.2, 0) is 6.42 Å². The first-order chi connectivity index (χ1) is 7.68. The fourth-order valence-electron chi connectivity index (χ4n) is 1.93. The second-order valence-electron chi connectivity index (χ2n) is 4.24. The summed E-state index contributed by atoms with van der Waals surface area (Å²) >= 11 is 0. The van der Waals surface area contributed by atoms with Crippen LogP contribution in [0, 0.1) is 13.8 Å². The second-order valence-corrected chi connectivity index (χ2v) is 4.24. The van der Waals surface area contributed by atoms with Crippen molar-refractivity contribution < 1.29 is 0 Å². The second kappa shape index (κ2) is 5.74. The molecule has 0 saturated carbocycles. The number of halogens is 1. The molecule has 0 spiro atoms. The topological polar surface area (TPSA) is 26.0 Å². The first-order valence-corrected chi connectivity index (χ1v) is 5.57. The summed E-state index contributed by atoms with van der Waals surface area (Å²) in [6.45, 7) is 4.27. The zero-order valence-corrected chi connectivity index (χ0v) is 11.1. The van der Waals surface area contributed by atoms with E-state index in [0.29, 0.717) is 0 Å². The van der Waals surface area contributed by atoms with Crippen molar-refractivity contribution in [3.63, 3.8) is 0 Å². The van der Waals surface area contributed by atoms with E-state index >= 15 is 0 Å². The Bertz CT molecular complexity index is 492. The van der Waals surface area contributed by atoms with E-state index in [9.17, 15) is 0 Å². The van der Waals surface area contributed by atoms with Crippen LogP contribution in [0.25, 0.3) is 0 Å². The summed E-state index contributed by atoms with van der Waals surface area (Å²) in [5.41, 5.74) is 12.1. The van der Waals surface area contributed by atoms with Gasteiger partial charge in [-0.1, -0.05) is 36.4 Å². The molecule has 90 valence electrons. The molecule has 2 aromatic carbocycles. The Morgan fingerprint density at radius 2 is 1.59 bits per heavy atom. The predicted octanol–water partition coefficient (Wildman–Crippen LogP) is 3.90. The van der Waals surface area contributed by atoms with Crippen molar-refractivity contribution in [3.8, 4) is 0 Å². The van der Waals surface area contributed by atoms with Crippen LogP contribution >= 0.6 is 12.4 Å². The molecule has 0 aliphatic rings. The third-order valence-corrected chi connectivity index (χ3v) is 3.13. The maximum atomic E-state index is 6.04. The van der Waals surface area contributed by atoms with Crippen LogP contribution in [0.5, 0.6) is 0 Å². The van der Waals surface area contributed by atoms with Gasteiger partial charge in [-0.25, -0.2) is 0 Å². The molecular formula is C15H18ClN. The highest BCUT2D eigenvalue weighted by atomic mass is 35.5. The minimum atomic E-state index is 0. The highest BCUT2D eigenvalue weighted by molar-refractivity contribution is 5.85. The molecule has 2 N–H and O–H groups in total. The fraction of sp³-hybridized carbons (Fsp3) is 0.200. The smallest absolute Gasteiger partial charge is 0.0352 e. The van der Waals surface area contributed by atoms with Crippen LogP contribution in [0.4, 0.5) is 5.69 Å². The molecule has 0 fully saturated rings. The van der Waals surface area contributed by atoms with E-state index in [1.807, 2.05) is 12.1 Å². The van der Waals surface area contributed by atoms with E-state index < -0.39 is 0 Å². The molecule has 0 aliphatic carbocycles. The van der Waals surface area contributed by atoms with Gasteiger partial charge >= 0.3 is 0 Å². The number of anilines is 1. The van der Waals surface area contributed by atoms with Crippen molar-refractivity contribution in [2.45, 2.75) is 20.3 Å². The van der Waals surface area contributed by atoms with Crippen molar-refractivity contribution in [2.24, 2.45) is 0 Å². The van der Waals surface area contributed by atoms with Crippen LogP contribution in [0.3, 0.4) is 0 Å². The molecule has 0 amide bonds. The monoisotopic (exact) mass is 247 g/mol. The molecule has 0 aromatic heterocycles. The summed E-state index contributed by atoms with van der Waals surface area (Å²) in [7, 11) is 0. The molecule has 0 radical (unpaired) electrons. The lowest BCUT2D eigenvalue weighted by molar-refractivity contribution is 1.14. The SMILES string of the molecule is Cc1ccc(N)c(Cc2ccccc2)c1C.Cl. The molecule has 17 heavy (non-hydrogen) atoms. The average Bonchev–Trinajstić information content (AvgIpc) is 2.31. The highest BCUT2D eigenvalue weighted by Crippen LogP contribution is 2.23. The number of benzene rings is 2. The zero-order chi connectivity index (χ0) is 11.5. The minimum Gasteiger partial charge on any atom is -0.398 e. The third-order valence-electron chi connectivity index (χ3n) is 3.13. The number of nitrogens with two attached hydrogens (primary N) is 1. The molecule has 0 unspecified atom stereocenters. The van der Waals surface area contributed by atoms with E-state index in [0.717, 1.165) is 12.1 Å². The number of nitrogen functional groups attached to an aromatic ring is 1. The first-order valence-electron chi connectivity index (χ1n) is 5.57. The molecule has 0 saturated heterocycles. The Balaban J connectivity index is 0.00000144. The highest BCUT2D eigenvalue weighted by Gasteiger charge is 2.06. The van der Waals surface area contributed by atoms with Gasteiger partial charge in [0.15, 0.2) is 0 Å². The number of aryl methyl sites for hydroxylation is 1. The number of hydrogen-bond acceptors (Lipinski definition) is 1. The molecule has 2 rings (SSSR count). The lowest BCUT2D eigenvalue weighted by Gasteiger charge is -2.12. The van der Waals surface area contributed by atoms with Gasteiger partial charge in [-0.15, -0.1) is 12.4 Å². The van der Waals surface area contributed by atoms with Crippen molar-refractivity contribution in [1.29, 1.82) is 0 Å². The van der Waals surface area contributed by atoms with Gasteiger partial charge in [-0.2, -0.15) is 0 Å². The summed E-state index contributed by atoms with van der Waals surface area (Å²) in [5, 5.41) is 0. The summed E-state index contributed by atoms with van der Waals surface area (Å²) in [6.07, 6.45) is 0.917.